The molecule has 0 radical (unpaired) electrons. The molecule has 0 atom stereocenters. The highest BCUT2D eigenvalue weighted by atomic mass is 19.4. The molecule has 1 heterocycles. The molecule has 94 valence electrons. The molecule has 0 saturated heterocycles. The maximum Gasteiger partial charge on any atom is 0.418 e. The number of aromatic nitrogens is 2. The summed E-state index contributed by atoms with van der Waals surface area (Å²) in [5, 5.41) is 0. The van der Waals surface area contributed by atoms with Gasteiger partial charge in [-0.3, -0.25) is 0 Å². The zero-order chi connectivity index (χ0) is 13.2. The van der Waals surface area contributed by atoms with Crippen LogP contribution in [0.2, 0.25) is 0 Å². The second-order valence-corrected chi connectivity index (χ2v) is 3.14. The van der Waals surface area contributed by atoms with E-state index in [9.17, 15) is 17.6 Å². The molecule has 1 aromatic carbocycles. The summed E-state index contributed by atoms with van der Waals surface area (Å²) in [6, 6.07) is 1.47. The highest BCUT2D eigenvalue weighted by Crippen LogP contribution is 2.34. The Bertz CT molecular complexity index is 514. The molecule has 2 nitrogen and oxygen atoms in total. The smallest absolute Gasteiger partial charge is 0.340 e. The summed E-state index contributed by atoms with van der Waals surface area (Å²) in [5.41, 5.74) is -1.51. The zero-order valence-corrected chi connectivity index (χ0v) is 9.61. The molecule has 17 heavy (non-hydrogen) atoms. The van der Waals surface area contributed by atoms with Gasteiger partial charge in [-0.25, -0.2) is 9.37 Å². The second-order valence-electron chi connectivity index (χ2n) is 3.14. The summed E-state index contributed by atoms with van der Waals surface area (Å²) >= 11 is 0. The van der Waals surface area contributed by atoms with E-state index in [0.29, 0.717) is 6.07 Å². The van der Waals surface area contributed by atoms with E-state index in [2.05, 4.69) is 9.97 Å². The van der Waals surface area contributed by atoms with E-state index in [1.54, 1.807) is 0 Å². The summed E-state index contributed by atoms with van der Waals surface area (Å²) in [5.74, 6) is -0.487. The molecule has 2 aromatic rings. The maximum atomic E-state index is 13.1. The number of aromatic amines is 1. The lowest BCUT2D eigenvalue weighted by molar-refractivity contribution is -0.136. The minimum atomic E-state index is -4.52. The van der Waals surface area contributed by atoms with Gasteiger partial charge in [0.1, 0.15) is 22.7 Å². The molecule has 0 bridgehead atoms. The molecule has 0 aliphatic heterocycles. The molecular weight excluding hydrogens is 236 g/mol. The van der Waals surface area contributed by atoms with Crippen LogP contribution >= 0.6 is 0 Å². The van der Waals surface area contributed by atoms with E-state index < -0.39 is 17.6 Å². The van der Waals surface area contributed by atoms with E-state index in [-0.39, 0.29) is 16.9 Å². The molecular formula is C11H12F4N2. The molecule has 0 saturated carbocycles. The minimum absolute atomic E-state index is 0.206. The molecule has 1 aromatic heterocycles. The average Bonchev–Trinajstić information content (AvgIpc) is 2.62. The van der Waals surface area contributed by atoms with Crippen molar-refractivity contribution >= 4 is 11.0 Å². The van der Waals surface area contributed by atoms with Crippen LogP contribution in [0.3, 0.4) is 0 Å². The van der Waals surface area contributed by atoms with E-state index in [4.69, 9.17) is 0 Å². The number of aryl methyl sites for hydroxylation is 1. The van der Waals surface area contributed by atoms with Crippen LogP contribution < -0.4 is 0 Å². The van der Waals surface area contributed by atoms with Crippen LogP contribution in [0.25, 0.3) is 11.0 Å². The lowest BCUT2D eigenvalue weighted by atomic mass is 10.1. The maximum absolute atomic E-state index is 13.1. The van der Waals surface area contributed by atoms with E-state index >= 15 is 0 Å². The molecule has 0 fully saturated rings. The normalized spacial score (nSPS) is 11.2. The second kappa shape index (κ2) is 4.73. The van der Waals surface area contributed by atoms with Gasteiger partial charge in [-0.1, -0.05) is 13.8 Å². The van der Waals surface area contributed by atoms with Gasteiger partial charge in [-0.15, -0.1) is 0 Å². The van der Waals surface area contributed by atoms with E-state index in [1.165, 1.54) is 6.92 Å². The number of benzene rings is 1. The number of rotatable bonds is 0. The number of H-pyrrole nitrogens is 1. The summed E-state index contributed by atoms with van der Waals surface area (Å²) in [7, 11) is 0. The highest BCUT2D eigenvalue weighted by molar-refractivity contribution is 5.80. The van der Waals surface area contributed by atoms with Gasteiger partial charge in [0, 0.05) is 0 Å². The Morgan fingerprint density at radius 1 is 1.18 bits per heavy atom. The zero-order valence-electron chi connectivity index (χ0n) is 9.61. The largest absolute Gasteiger partial charge is 0.418 e. The molecule has 2 rings (SSSR count). The first kappa shape index (κ1) is 13.5. The van der Waals surface area contributed by atoms with Crippen molar-refractivity contribution < 1.29 is 17.6 Å². The topological polar surface area (TPSA) is 28.7 Å². The van der Waals surface area contributed by atoms with Gasteiger partial charge in [0.15, 0.2) is 0 Å². The lowest BCUT2D eigenvalue weighted by Gasteiger charge is -2.06. The third kappa shape index (κ3) is 2.57. The van der Waals surface area contributed by atoms with Gasteiger partial charge in [0.25, 0.3) is 0 Å². The van der Waals surface area contributed by atoms with Gasteiger partial charge in [0.2, 0.25) is 0 Å². The quantitative estimate of drug-likeness (QED) is 0.700. The van der Waals surface area contributed by atoms with Crippen LogP contribution in [0.5, 0.6) is 0 Å². The van der Waals surface area contributed by atoms with Gasteiger partial charge in [-0.2, -0.15) is 13.2 Å². The van der Waals surface area contributed by atoms with Crippen molar-refractivity contribution in [3.05, 3.63) is 29.3 Å². The van der Waals surface area contributed by atoms with E-state index in [1.807, 2.05) is 13.8 Å². The fourth-order valence-corrected chi connectivity index (χ4v) is 1.41. The minimum Gasteiger partial charge on any atom is -0.340 e. The Morgan fingerprint density at radius 3 is 2.29 bits per heavy atom. The summed E-state index contributed by atoms with van der Waals surface area (Å²) in [6.45, 7) is 5.47. The third-order valence-corrected chi connectivity index (χ3v) is 2.02. The van der Waals surface area contributed by atoms with Crippen LogP contribution in [-0.2, 0) is 6.18 Å². The predicted octanol–water partition coefficient (Wildman–Crippen LogP) is 4.06. The summed E-state index contributed by atoms with van der Waals surface area (Å²) in [6.07, 6.45) is -4.52. The SMILES string of the molecule is CC.Cc1nc2c(C(F)(F)F)ccc(F)c2[nH]1. The third-order valence-electron chi connectivity index (χ3n) is 2.02. The molecule has 0 aliphatic rings. The number of hydrogen-bond donors (Lipinski definition) is 1. The van der Waals surface area contributed by atoms with Crippen LogP contribution in [-0.4, -0.2) is 9.97 Å². The van der Waals surface area contributed by atoms with Crippen LogP contribution in [0, 0.1) is 12.7 Å². The number of alkyl halides is 3. The molecule has 0 aliphatic carbocycles. The standard InChI is InChI=1S/C9H6F4N2.C2H6/c1-4-14-7-5(9(11,12)13)2-3-6(10)8(7)15-4;1-2/h2-3H,1H3,(H,14,15);1-2H3. The number of nitrogens with one attached hydrogen (secondary N) is 1. The first-order chi connectivity index (χ1) is 7.89. The van der Waals surface area contributed by atoms with Crippen molar-refractivity contribution in [2.75, 3.05) is 0 Å². The van der Waals surface area contributed by atoms with Gasteiger partial charge >= 0.3 is 6.18 Å². The molecule has 0 amide bonds. The van der Waals surface area contributed by atoms with Gasteiger partial charge in [-0.05, 0) is 19.1 Å². The average molecular weight is 248 g/mol. The number of halogens is 4. The van der Waals surface area contributed by atoms with E-state index in [0.717, 1.165) is 6.07 Å². The number of fused-ring (bicyclic) bond motifs is 1. The van der Waals surface area contributed by atoms with Crippen molar-refractivity contribution in [2.24, 2.45) is 0 Å². The number of imidazole rings is 1. The fraction of sp³-hybridized carbons (Fsp3) is 0.364. The number of nitrogens with zero attached hydrogens (tertiary/aromatic N) is 1. The van der Waals surface area contributed by atoms with Gasteiger partial charge < -0.3 is 4.98 Å². The van der Waals surface area contributed by atoms with Crippen molar-refractivity contribution in [2.45, 2.75) is 26.9 Å². The first-order valence-corrected chi connectivity index (χ1v) is 5.11. The van der Waals surface area contributed by atoms with Crippen molar-refractivity contribution in [3.63, 3.8) is 0 Å². The fourth-order valence-electron chi connectivity index (χ4n) is 1.41. The highest BCUT2D eigenvalue weighted by Gasteiger charge is 2.34. The summed E-state index contributed by atoms with van der Waals surface area (Å²) < 4.78 is 50.6. The molecule has 0 spiro atoms. The Labute approximate surface area is 95.7 Å². The Hall–Kier alpha value is -1.59. The monoisotopic (exact) mass is 248 g/mol. The Kier molecular flexibility index (Phi) is 3.75. The lowest BCUT2D eigenvalue weighted by Crippen LogP contribution is -2.06. The van der Waals surface area contributed by atoms with Crippen LogP contribution in [0.4, 0.5) is 17.6 Å². The first-order valence-electron chi connectivity index (χ1n) is 5.11. The van der Waals surface area contributed by atoms with Crippen LogP contribution in [0.15, 0.2) is 12.1 Å². The molecule has 6 heteroatoms. The molecule has 0 unspecified atom stereocenters. The van der Waals surface area contributed by atoms with Crippen molar-refractivity contribution in [1.82, 2.24) is 9.97 Å². The Balaban J connectivity index is 0.000000686. The molecule has 1 N–H and O–H groups in total. The Morgan fingerprint density at radius 2 is 1.76 bits per heavy atom. The summed E-state index contributed by atoms with van der Waals surface area (Å²) in [4.78, 5) is 6.08. The van der Waals surface area contributed by atoms with Crippen molar-refractivity contribution in [1.29, 1.82) is 0 Å². The van der Waals surface area contributed by atoms with Crippen molar-refractivity contribution in [3.8, 4) is 0 Å². The van der Waals surface area contributed by atoms with Crippen LogP contribution in [0.1, 0.15) is 25.2 Å². The van der Waals surface area contributed by atoms with Gasteiger partial charge in [0.05, 0.1) is 5.56 Å². The predicted molar refractivity (Wildman–Crippen MR) is 57.1 cm³/mol. The number of hydrogen-bond acceptors (Lipinski definition) is 1.